The molecule has 1 amide bonds. The summed E-state index contributed by atoms with van der Waals surface area (Å²) >= 11 is 4.67. The lowest BCUT2D eigenvalue weighted by molar-refractivity contribution is -0.384. The van der Waals surface area contributed by atoms with E-state index in [1.165, 1.54) is 30.1 Å². The minimum Gasteiger partial charge on any atom is -0.272 e. The summed E-state index contributed by atoms with van der Waals surface area (Å²) in [7, 11) is 0. The number of aromatic nitrogens is 3. The fraction of sp³-hybridized carbons (Fsp3) is 0.0435. The number of nitrogens with one attached hydrogen (secondary N) is 1. The number of hydrazone groups is 1. The van der Waals surface area contributed by atoms with Crippen LogP contribution in [-0.2, 0) is 4.79 Å². The third kappa shape index (κ3) is 5.74. The highest BCUT2D eigenvalue weighted by molar-refractivity contribution is 9.10. The number of amides is 1. The molecular weight excluding hydrogens is 520 g/mol. The third-order valence-corrected chi connectivity index (χ3v) is 6.02. The summed E-state index contributed by atoms with van der Waals surface area (Å²) in [6.45, 7) is 0. The van der Waals surface area contributed by atoms with E-state index in [0.29, 0.717) is 16.5 Å². The molecule has 11 heteroatoms. The van der Waals surface area contributed by atoms with E-state index in [0.717, 1.165) is 15.7 Å². The predicted octanol–water partition coefficient (Wildman–Crippen LogP) is 4.85. The number of nitro groups is 1. The van der Waals surface area contributed by atoms with Crippen LogP contribution in [0.3, 0.4) is 0 Å². The van der Waals surface area contributed by atoms with E-state index in [2.05, 4.69) is 36.7 Å². The van der Waals surface area contributed by atoms with Crippen LogP contribution in [0.2, 0.25) is 0 Å². The van der Waals surface area contributed by atoms with Crippen LogP contribution in [0.1, 0.15) is 5.56 Å². The van der Waals surface area contributed by atoms with Gasteiger partial charge in [0, 0.05) is 33.4 Å². The SMILES string of the molecule is O=C(CSc1nnc(-c2ccccc2)n1-c1ccc(Br)cc1)N/N=C/c1cccc([N+](=O)[O-])c1. The molecule has 0 saturated heterocycles. The van der Waals surface area contributed by atoms with Crippen LogP contribution in [0, 0.1) is 10.1 Å². The molecule has 9 nitrogen and oxygen atoms in total. The normalized spacial score (nSPS) is 11.0. The van der Waals surface area contributed by atoms with Gasteiger partial charge in [-0.3, -0.25) is 19.5 Å². The molecule has 0 spiro atoms. The molecule has 4 aromatic rings. The van der Waals surface area contributed by atoms with E-state index in [1.54, 1.807) is 12.1 Å². The average molecular weight is 537 g/mol. The van der Waals surface area contributed by atoms with E-state index in [1.807, 2.05) is 59.2 Å². The van der Waals surface area contributed by atoms with Gasteiger partial charge in [0.1, 0.15) is 0 Å². The maximum atomic E-state index is 12.3. The molecule has 0 aliphatic heterocycles. The zero-order chi connectivity index (χ0) is 23.9. The zero-order valence-corrected chi connectivity index (χ0v) is 19.9. The van der Waals surface area contributed by atoms with E-state index < -0.39 is 4.92 Å². The van der Waals surface area contributed by atoms with Crippen molar-refractivity contribution in [1.29, 1.82) is 0 Å². The molecule has 1 heterocycles. The molecule has 0 aliphatic carbocycles. The summed E-state index contributed by atoms with van der Waals surface area (Å²) in [5.74, 6) is 0.364. The Labute approximate surface area is 207 Å². The second-order valence-electron chi connectivity index (χ2n) is 6.92. The summed E-state index contributed by atoms with van der Waals surface area (Å²) in [5, 5.41) is 24.0. The molecule has 0 radical (unpaired) electrons. The van der Waals surface area contributed by atoms with Gasteiger partial charge in [-0.15, -0.1) is 10.2 Å². The van der Waals surface area contributed by atoms with Crippen LogP contribution < -0.4 is 5.43 Å². The van der Waals surface area contributed by atoms with Gasteiger partial charge in [-0.05, 0) is 24.3 Å². The van der Waals surface area contributed by atoms with Gasteiger partial charge >= 0.3 is 0 Å². The van der Waals surface area contributed by atoms with E-state index in [9.17, 15) is 14.9 Å². The smallest absolute Gasteiger partial charge is 0.270 e. The highest BCUT2D eigenvalue weighted by atomic mass is 79.9. The Morgan fingerprint density at radius 3 is 2.59 bits per heavy atom. The number of thioether (sulfide) groups is 1. The molecule has 4 rings (SSSR count). The molecule has 0 aliphatic rings. The maximum Gasteiger partial charge on any atom is 0.270 e. The molecule has 170 valence electrons. The first-order valence-electron chi connectivity index (χ1n) is 9.97. The summed E-state index contributed by atoms with van der Waals surface area (Å²) < 4.78 is 2.84. The van der Waals surface area contributed by atoms with Crippen molar-refractivity contribution in [2.45, 2.75) is 5.16 Å². The number of benzene rings is 3. The van der Waals surface area contributed by atoms with Crippen LogP contribution in [0.5, 0.6) is 0 Å². The summed E-state index contributed by atoms with van der Waals surface area (Å²) in [4.78, 5) is 22.7. The molecule has 1 aromatic heterocycles. The minimum absolute atomic E-state index is 0.0488. The number of nitrogens with zero attached hydrogens (tertiary/aromatic N) is 5. The lowest BCUT2D eigenvalue weighted by Crippen LogP contribution is -2.20. The highest BCUT2D eigenvalue weighted by Gasteiger charge is 2.17. The van der Waals surface area contributed by atoms with Crippen LogP contribution >= 0.6 is 27.7 Å². The first-order valence-corrected chi connectivity index (χ1v) is 11.7. The van der Waals surface area contributed by atoms with Crippen molar-refractivity contribution < 1.29 is 9.72 Å². The van der Waals surface area contributed by atoms with Crippen molar-refractivity contribution in [2.75, 3.05) is 5.75 Å². The van der Waals surface area contributed by atoms with E-state index in [-0.39, 0.29) is 17.3 Å². The Kier molecular flexibility index (Phi) is 7.45. The van der Waals surface area contributed by atoms with Gasteiger partial charge in [0.05, 0.1) is 16.9 Å². The molecule has 3 aromatic carbocycles. The fourth-order valence-corrected chi connectivity index (χ4v) is 4.03. The number of hydrogen-bond acceptors (Lipinski definition) is 7. The second-order valence-corrected chi connectivity index (χ2v) is 8.78. The Morgan fingerprint density at radius 2 is 1.85 bits per heavy atom. The molecule has 34 heavy (non-hydrogen) atoms. The van der Waals surface area contributed by atoms with E-state index >= 15 is 0 Å². The Hall–Kier alpha value is -3.83. The van der Waals surface area contributed by atoms with E-state index in [4.69, 9.17) is 0 Å². The van der Waals surface area contributed by atoms with Crippen molar-refractivity contribution in [2.24, 2.45) is 5.10 Å². The van der Waals surface area contributed by atoms with Crippen LogP contribution in [0.25, 0.3) is 17.1 Å². The number of carbonyl (C=O) groups is 1. The summed E-state index contributed by atoms with van der Waals surface area (Å²) in [6, 6.07) is 23.4. The largest absolute Gasteiger partial charge is 0.272 e. The quantitative estimate of drug-likeness (QED) is 0.149. The van der Waals surface area contributed by atoms with Crippen molar-refractivity contribution in [1.82, 2.24) is 20.2 Å². The van der Waals surface area contributed by atoms with Crippen molar-refractivity contribution >= 4 is 45.5 Å². The van der Waals surface area contributed by atoms with Gasteiger partial charge in [-0.25, -0.2) is 5.43 Å². The van der Waals surface area contributed by atoms with Crippen LogP contribution in [0.15, 0.2) is 93.6 Å². The predicted molar refractivity (Wildman–Crippen MR) is 134 cm³/mol. The van der Waals surface area contributed by atoms with Gasteiger partial charge in [-0.2, -0.15) is 5.10 Å². The second kappa shape index (κ2) is 10.9. The fourth-order valence-electron chi connectivity index (χ4n) is 3.02. The molecule has 0 atom stereocenters. The average Bonchev–Trinajstić information content (AvgIpc) is 3.28. The first kappa shape index (κ1) is 23.3. The summed E-state index contributed by atoms with van der Waals surface area (Å²) in [5.41, 5.74) is 4.65. The van der Waals surface area contributed by atoms with Gasteiger partial charge in [-0.1, -0.05) is 70.2 Å². The Bertz CT molecular complexity index is 1340. The zero-order valence-electron chi connectivity index (χ0n) is 17.5. The Morgan fingerprint density at radius 1 is 1.09 bits per heavy atom. The van der Waals surface area contributed by atoms with Crippen molar-refractivity contribution in [3.63, 3.8) is 0 Å². The minimum atomic E-state index is -0.488. The monoisotopic (exact) mass is 536 g/mol. The number of non-ortho nitro benzene ring substituents is 1. The molecule has 0 unspecified atom stereocenters. The maximum absolute atomic E-state index is 12.3. The first-order chi connectivity index (χ1) is 16.5. The van der Waals surface area contributed by atoms with Gasteiger partial charge < -0.3 is 0 Å². The lowest BCUT2D eigenvalue weighted by Gasteiger charge is -2.10. The topological polar surface area (TPSA) is 115 Å². The standard InChI is InChI=1S/C23H17BrN6O3S/c24-18-9-11-19(12-10-18)29-22(17-6-2-1-3-7-17)27-28-23(29)34-15-21(31)26-25-14-16-5-4-8-20(13-16)30(32)33/h1-14H,15H2,(H,26,31)/b25-14+. The number of carbonyl (C=O) groups excluding carboxylic acids is 1. The van der Waals surface area contributed by atoms with Gasteiger partial charge in [0.15, 0.2) is 11.0 Å². The highest BCUT2D eigenvalue weighted by Crippen LogP contribution is 2.28. The van der Waals surface area contributed by atoms with Crippen molar-refractivity contribution in [3.8, 4) is 17.1 Å². The lowest BCUT2D eigenvalue weighted by atomic mass is 10.2. The number of halogens is 1. The number of rotatable bonds is 8. The van der Waals surface area contributed by atoms with Crippen LogP contribution in [0.4, 0.5) is 5.69 Å². The molecular formula is C23H17BrN6O3S. The molecule has 0 saturated carbocycles. The van der Waals surface area contributed by atoms with Gasteiger partial charge in [0.25, 0.3) is 11.6 Å². The number of hydrogen-bond donors (Lipinski definition) is 1. The van der Waals surface area contributed by atoms with Gasteiger partial charge in [0.2, 0.25) is 0 Å². The number of nitro benzene ring substituents is 1. The molecule has 0 fully saturated rings. The third-order valence-electron chi connectivity index (χ3n) is 4.57. The van der Waals surface area contributed by atoms with Crippen molar-refractivity contribution in [3.05, 3.63) is 99.0 Å². The molecule has 1 N–H and O–H groups in total. The van der Waals surface area contributed by atoms with Crippen LogP contribution in [-0.4, -0.2) is 37.6 Å². The Balaban J connectivity index is 1.48. The summed E-state index contributed by atoms with van der Waals surface area (Å²) in [6.07, 6.45) is 1.35. The molecule has 0 bridgehead atoms.